The van der Waals surface area contributed by atoms with Gasteiger partial charge in [-0.2, -0.15) is 0 Å². The maximum absolute atomic E-state index is 11.8. The van der Waals surface area contributed by atoms with E-state index in [0.717, 1.165) is 29.7 Å². The van der Waals surface area contributed by atoms with Crippen molar-refractivity contribution in [2.75, 3.05) is 7.11 Å². The Bertz CT molecular complexity index is 455. The summed E-state index contributed by atoms with van der Waals surface area (Å²) in [4.78, 5) is 11.8. The number of carbonyl (C=O) groups is 1. The summed E-state index contributed by atoms with van der Waals surface area (Å²) in [6.45, 7) is 4.60. The van der Waals surface area contributed by atoms with E-state index in [1.807, 2.05) is 26.0 Å². The predicted octanol–water partition coefficient (Wildman–Crippen LogP) is 1.76. The highest BCUT2D eigenvalue weighted by molar-refractivity contribution is 5.81. The molecule has 1 aromatic rings. The van der Waals surface area contributed by atoms with Crippen LogP contribution < -0.4 is 15.4 Å². The first kappa shape index (κ1) is 13.9. The number of rotatable bonds is 6. The number of hydrogen-bond donors (Lipinski definition) is 2. The van der Waals surface area contributed by atoms with Crippen molar-refractivity contribution in [3.63, 3.8) is 0 Å². The summed E-state index contributed by atoms with van der Waals surface area (Å²) in [6, 6.07) is 6.31. The van der Waals surface area contributed by atoms with Crippen molar-refractivity contribution in [1.29, 1.82) is 0 Å². The molecule has 0 spiro atoms. The van der Waals surface area contributed by atoms with Crippen LogP contribution in [0.5, 0.6) is 5.75 Å². The number of amides is 1. The Hall–Kier alpha value is -1.55. The van der Waals surface area contributed by atoms with E-state index in [2.05, 4.69) is 16.7 Å². The number of benzene rings is 1. The molecule has 4 heteroatoms. The number of ether oxygens (including phenoxy) is 1. The smallest absolute Gasteiger partial charge is 0.237 e. The molecule has 19 heavy (non-hydrogen) atoms. The van der Waals surface area contributed by atoms with E-state index in [9.17, 15) is 4.79 Å². The van der Waals surface area contributed by atoms with Crippen LogP contribution in [0.25, 0.3) is 0 Å². The summed E-state index contributed by atoms with van der Waals surface area (Å²) >= 11 is 0. The van der Waals surface area contributed by atoms with Crippen LogP contribution in [0.15, 0.2) is 18.2 Å². The van der Waals surface area contributed by atoms with E-state index < -0.39 is 0 Å². The molecule has 2 N–H and O–H groups in total. The summed E-state index contributed by atoms with van der Waals surface area (Å²) in [5.74, 6) is 0.982. The molecule has 1 aliphatic carbocycles. The van der Waals surface area contributed by atoms with Crippen LogP contribution in [0.2, 0.25) is 0 Å². The Morgan fingerprint density at radius 1 is 1.47 bits per heavy atom. The molecule has 1 fully saturated rings. The van der Waals surface area contributed by atoms with Crippen molar-refractivity contribution >= 4 is 5.91 Å². The van der Waals surface area contributed by atoms with Gasteiger partial charge in [0.2, 0.25) is 5.91 Å². The average molecular weight is 262 g/mol. The first-order chi connectivity index (χ1) is 9.10. The van der Waals surface area contributed by atoms with Crippen molar-refractivity contribution in [3.05, 3.63) is 29.3 Å². The first-order valence-corrected chi connectivity index (χ1v) is 6.77. The summed E-state index contributed by atoms with van der Waals surface area (Å²) in [7, 11) is 1.67. The molecule has 2 rings (SSSR count). The number of aryl methyl sites for hydroxylation is 1. The zero-order valence-electron chi connectivity index (χ0n) is 11.8. The maximum Gasteiger partial charge on any atom is 0.237 e. The van der Waals surface area contributed by atoms with Gasteiger partial charge in [-0.05, 0) is 43.9 Å². The lowest BCUT2D eigenvalue weighted by Crippen LogP contribution is -2.42. The first-order valence-electron chi connectivity index (χ1n) is 6.77. The molecule has 0 bridgehead atoms. The highest BCUT2D eigenvalue weighted by Gasteiger charge is 2.25. The lowest BCUT2D eigenvalue weighted by atomic mass is 10.1. The number of carbonyl (C=O) groups excluding carboxylic acids is 1. The molecule has 1 aromatic carbocycles. The quantitative estimate of drug-likeness (QED) is 0.821. The lowest BCUT2D eigenvalue weighted by molar-refractivity contribution is -0.122. The van der Waals surface area contributed by atoms with E-state index in [1.54, 1.807) is 7.11 Å². The molecular formula is C15H22N2O2. The third-order valence-corrected chi connectivity index (χ3v) is 3.39. The van der Waals surface area contributed by atoms with Crippen molar-refractivity contribution in [2.24, 2.45) is 0 Å². The van der Waals surface area contributed by atoms with E-state index in [4.69, 9.17) is 4.74 Å². The van der Waals surface area contributed by atoms with Gasteiger partial charge in [-0.15, -0.1) is 0 Å². The van der Waals surface area contributed by atoms with Crippen molar-refractivity contribution in [1.82, 2.24) is 10.6 Å². The standard InChI is InChI=1S/C15H22N2O2/c1-10-8-12(4-7-14(10)19-3)9-16-11(2)15(18)17-13-5-6-13/h4,7-8,11,13,16H,5-6,9H2,1-3H3,(H,17,18). The molecule has 0 aliphatic heterocycles. The number of methoxy groups -OCH3 is 1. The Balaban J connectivity index is 1.83. The molecule has 1 atom stereocenters. The van der Waals surface area contributed by atoms with Crippen LogP contribution in [0.4, 0.5) is 0 Å². The van der Waals surface area contributed by atoms with Crippen LogP contribution >= 0.6 is 0 Å². The maximum atomic E-state index is 11.8. The van der Waals surface area contributed by atoms with Crippen LogP contribution in [0.3, 0.4) is 0 Å². The van der Waals surface area contributed by atoms with Gasteiger partial charge in [0.05, 0.1) is 13.2 Å². The fourth-order valence-electron chi connectivity index (χ4n) is 1.97. The molecule has 0 radical (unpaired) electrons. The number of nitrogens with one attached hydrogen (secondary N) is 2. The second-order valence-electron chi connectivity index (χ2n) is 5.19. The van der Waals surface area contributed by atoms with E-state index >= 15 is 0 Å². The third-order valence-electron chi connectivity index (χ3n) is 3.39. The summed E-state index contributed by atoms with van der Waals surface area (Å²) in [5.41, 5.74) is 2.27. The van der Waals surface area contributed by atoms with Gasteiger partial charge in [0.25, 0.3) is 0 Å². The van der Waals surface area contributed by atoms with Gasteiger partial charge >= 0.3 is 0 Å². The monoisotopic (exact) mass is 262 g/mol. The molecule has 0 heterocycles. The normalized spacial score (nSPS) is 15.9. The van der Waals surface area contributed by atoms with Gasteiger partial charge < -0.3 is 15.4 Å². The third kappa shape index (κ3) is 3.96. The fourth-order valence-corrected chi connectivity index (χ4v) is 1.97. The molecule has 4 nitrogen and oxygen atoms in total. The van der Waals surface area contributed by atoms with Crippen LogP contribution in [-0.4, -0.2) is 25.1 Å². The molecular weight excluding hydrogens is 240 g/mol. The van der Waals surface area contributed by atoms with Gasteiger partial charge in [0.15, 0.2) is 0 Å². The van der Waals surface area contributed by atoms with Gasteiger partial charge in [0, 0.05) is 12.6 Å². The van der Waals surface area contributed by atoms with E-state index in [0.29, 0.717) is 12.6 Å². The summed E-state index contributed by atoms with van der Waals surface area (Å²) in [6.07, 6.45) is 2.24. The summed E-state index contributed by atoms with van der Waals surface area (Å²) in [5, 5.41) is 6.24. The second kappa shape index (κ2) is 6.06. The highest BCUT2D eigenvalue weighted by atomic mass is 16.5. The van der Waals surface area contributed by atoms with Gasteiger partial charge in [-0.3, -0.25) is 4.79 Å². The largest absolute Gasteiger partial charge is 0.496 e. The predicted molar refractivity (Wildman–Crippen MR) is 75.2 cm³/mol. The molecule has 1 aliphatic rings. The topological polar surface area (TPSA) is 50.4 Å². The van der Waals surface area contributed by atoms with Crippen molar-refractivity contribution in [3.8, 4) is 5.75 Å². The van der Waals surface area contributed by atoms with E-state index in [-0.39, 0.29) is 11.9 Å². The fraction of sp³-hybridized carbons (Fsp3) is 0.533. The van der Waals surface area contributed by atoms with Crippen LogP contribution in [-0.2, 0) is 11.3 Å². The minimum atomic E-state index is -0.164. The highest BCUT2D eigenvalue weighted by Crippen LogP contribution is 2.19. The van der Waals surface area contributed by atoms with E-state index in [1.165, 1.54) is 0 Å². The summed E-state index contributed by atoms with van der Waals surface area (Å²) < 4.78 is 5.23. The Kier molecular flexibility index (Phi) is 4.43. The van der Waals surface area contributed by atoms with Gasteiger partial charge in [-0.25, -0.2) is 0 Å². The Morgan fingerprint density at radius 3 is 2.79 bits per heavy atom. The zero-order valence-corrected chi connectivity index (χ0v) is 11.8. The molecule has 1 amide bonds. The Morgan fingerprint density at radius 2 is 2.21 bits per heavy atom. The number of hydrogen-bond acceptors (Lipinski definition) is 3. The minimum absolute atomic E-state index is 0.0905. The lowest BCUT2D eigenvalue weighted by Gasteiger charge is -2.14. The van der Waals surface area contributed by atoms with Crippen molar-refractivity contribution in [2.45, 2.75) is 45.3 Å². The second-order valence-corrected chi connectivity index (χ2v) is 5.19. The molecule has 1 saturated carbocycles. The molecule has 0 aromatic heterocycles. The van der Waals surface area contributed by atoms with Crippen LogP contribution in [0.1, 0.15) is 30.9 Å². The van der Waals surface area contributed by atoms with Gasteiger partial charge in [0.1, 0.15) is 5.75 Å². The minimum Gasteiger partial charge on any atom is -0.496 e. The average Bonchev–Trinajstić information content (AvgIpc) is 3.20. The molecule has 1 unspecified atom stereocenters. The Labute approximate surface area is 114 Å². The molecule has 104 valence electrons. The van der Waals surface area contributed by atoms with Crippen molar-refractivity contribution < 1.29 is 9.53 Å². The zero-order chi connectivity index (χ0) is 13.8. The van der Waals surface area contributed by atoms with Crippen LogP contribution in [0, 0.1) is 6.92 Å². The SMILES string of the molecule is COc1ccc(CNC(C)C(=O)NC2CC2)cc1C. The molecule has 0 saturated heterocycles. The van der Waals surface area contributed by atoms with Gasteiger partial charge in [-0.1, -0.05) is 12.1 Å².